The molecule has 5 rings (SSSR count). The lowest BCUT2D eigenvalue weighted by atomic mass is 9.83. The van der Waals surface area contributed by atoms with Gasteiger partial charge in [0, 0.05) is 56.9 Å². The van der Waals surface area contributed by atoms with Crippen LogP contribution in [0.15, 0.2) is 61.2 Å². The van der Waals surface area contributed by atoms with Crippen LogP contribution in [0.3, 0.4) is 0 Å². The highest BCUT2D eigenvalue weighted by molar-refractivity contribution is 5.74. The van der Waals surface area contributed by atoms with Gasteiger partial charge in [-0.25, -0.2) is 9.18 Å². The molecule has 1 aliphatic carbocycles. The van der Waals surface area contributed by atoms with E-state index in [0.29, 0.717) is 25.3 Å². The molecule has 3 atom stereocenters. The quantitative estimate of drug-likeness (QED) is 0.217. The number of nitrogens with zero attached hydrogens (tertiary/aromatic N) is 3. The molecular weight excluding hydrogens is 575 g/mol. The molecular formula is C35H46FN4O5-. The molecule has 1 amide bonds. The summed E-state index contributed by atoms with van der Waals surface area (Å²) in [5, 5.41) is 21.1. The standard InChI is InChI=1S/C35H46FN4O5/c1-2-17-40(35(43)45-24-25-11-13-30(37-44)14-12-25)31-15-18-38(19-16-31)21-28-22-39(23-32(28)27-9-6-10-29(36)20-27)33(34(41)42)26-7-4-3-5-8-26/h2,6,9-14,20,26,28,31-33,37H,1,3-5,7-8,15-19,21-24H2,(H,41,42)/q-1/t28-,32+,33+/m0/s1. The normalized spacial score (nSPS) is 22.5. The summed E-state index contributed by atoms with van der Waals surface area (Å²) in [6.07, 6.45) is 8.13. The van der Waals surface area contributed by atoms with Crippen LogP contribution in [0.1, 0.15) is 62.0 Å². The molecule has 2 saturated heterocycles. The fourth-order valence-corrected chi connectivity index (χ4v) is 7.69. The number of hydrogen-bond donors (Lipinski definition) is 2. The molecule has 2 heterocycles. The van der Waals surface area contributed by atoms with Crippen molar-refractivity contribution in [2.24, 2.45) is 11.8 Å². The molecule has 0 spiro atoms. The summed E-state index contributed by atoms with van der Waals surface area (Å²) in [7, 11) is 0. The van der Waals surface area contributed by atoms with E-state index in [-0.39, 0.29) is 42.3 Å². The number of carbonyl (C=O) groups excluding carboxylic acids is 1. The van der Waals surface area contributed by atoms with E-state index in [4.69, 9.17) is 4.74 Å². The number of piperidine rings is 1. The van der Waals surface area contributed by atoms with E-state index >= 15 is 0 Å². The second-order valence-electron chi connectivity index (χ2n) is 12.9. The van der Waals surface area contributed by atoms with Crippen molar-refractivity contribution >= 4 is 17.7 Å². The van der Waals surface area contributed by atoms with E-state index in [0.717, 1.165) is 69.3 Å². The van der Waals surface area contributed by atoms with Gasteiger partial charge in [-0.3, -0.25) is 9.69 Å². The minimum Gasteiger partial charge on any atom is -0.761 e. The van der Waals surface area contributed by atoms with Crippen molar-refractivity contribution in [3.05, 3.63) is 83.3 Å². The number of likely N-dealkylation sites (tertiary alicyclic amines) is 2. The predicted octanol–water partition coefficient (Wildman–Crippen LogP) is 6.07. The Hall–Kier alpha value is -3.47. The lowest BCUT2D eigenvalue weighted by molar-refractivity contribution is -0.145. The average Bonchev–Trinajstić information content (AvgIpc) is 3.46. The molecule has 2 aromatic rings. The summed E-state index contributed by atoms with van der Waals surface area (Å²) < 4.78 is 20.0. The van der Waals surface area contributed by atoms with Crippen LogP contribution in [0.25, 0.3) is 0 Å². The molecule has 9 nitrogen and oxygen atoms in total. The molecule has 1 saturated carbocycles. The smallest absolute Gasteiger partial charge is 0.410 e. The van der Waals surface area contributed by atoms with Crippen LogP contribution in [0.4, 0.5) is 14.9 Å². The Balaban J connectivity index is 1.21. The average molecular weight is 622 g/mol. The van der Waals surface area contributed by atoms with E-state index in [2.05, 4.69) is 16.4 Å². The third-order valence-corrected chi connectivity index (χ3v) is 9.97. The van der Waals surface area contributed by atoms with Crippen LogP contribution < -0.4 is 5.48 Å². The van der Waals surface area contributed by atoms with Gasteiger partial charge < -0.3 is 30.3 Å². The van der Waals surface area contributed by atoms with E-state index in [1.807, 2.05) is 11.5 Å². The summed E-state index contributed by atoms with van der Waals surface area (Å²) in [5.74, 6) is -0.630. The van der Waals surface area contributed by atoms with Gasteiger partial charge in [0.25, 0.3) is 0 Å². The first-order chi connectivity index (χ1) is 21.9. The zero-order chi connectivity index (χ0) is 31.8. The molecule has 0 bridgehead atoms. The van der Waals surface area contributed by atoms with Gasteiger partial charge >= 0.3 is 12.1 Å². The fourth-order valence-electron chi connectivity index (χ4n) is 7.69. The molecule has 244 valence electrons. The maximum absolute atomic E-state index is 14.3. The van der Waals surface area contributed by atoms with Crippen LogP contribution >= 0.6 is 0 Å². The second kappa shape index (κ2) is 15.7. The van der Waals surface area contributed by atoms with E-state index in [1.165, 1.54) is 12.5 Å². The van der Waals surface area contributed by atoms with Crippen LogP contribution in [-0.2, 0) is 16.1 Å². The third-order valence-electron chi connectivity index (χ3n) is 9.97. The van der Waals surface area contributed by atoms with Crippen molar-refractivity contribution in [3.8, 4) is 0 Å². The molecule has 2 aliphatic heterocycles. The van der Waals surface area contributed by atoms with Crippen molar-refractivity contribution < 1.29 is 23.8 Å². The topological polar surface area (TPSA) is 108 Å². The number of ether oxygens (including phenoxy) is 1. The zero-order valence-corrected chi connectivity index (χ0v) is 26.0. The van der Waals surface area contributed by atoms with Crippen molar-refractivity contribution in [1.82, 2.24) is 14.7 Å². The van der Waals surface area contributed by atoms with Gasteiger partial charge in [-0.1, -0.05) is 49.6 Å². The SMILES string of the molecule is C=CCN(C(=O)OCc1ccc(N[O-])cc1)C1CCN(C[C@H]2CN([C@@H](C(=O)O)C3CCCCC3)C[C@@H]2c2cccc(F)c2)CC1. The lowest BCUT2D eigenvalue weighted by Gasteiger charge is -2.39. The lowest BCUT2D eigenvalue weighted by Crippen LogP contribution is -2.49. The highest BCUT2D eigenvalue weighted by Gasteiger charge is 2.43. The van der Waals surface area contributed by atoms with Crippen LogP contribution in [0, 0.1) is 22.9 Å². The Morgan fingerprint density at radius 1 is 1.09 bits per heavy atom. The Kier molecular flexibility index (Phi) is 11.5. The minimum atomic E-state index is -0.743. The van der Waals surface area contributed by atoms with Gasteiger partial charge in [-0.15, -0.1) is 6.58 Å². The highest BCUT2D eigenvalue weighted by Crippen LogP contribution is 2.39. The maximum atomic E-state index is 14.3. The van der Waals surface area contributed by atoms with Crippen molar-refractivity contribution in [2.75, 3.05) is 44.7 Å². The van der Waals surface area contributed by atoms with Crippen LogP contribution in [-0.4, -0.2) is 83.2 Å². The van der Waals surface area contributed by atoms with Gasteiger partial charge in [-0.2, -0.15) is 0 Å². The van der Waals surface area contributed by atoms with Gasteiger partial charge in [0.1, 0.15) is 18.5 Å². The number of carboxylic acid groups (broad SMARTS) is 1. The molecule has 0 unspecified atom stereocenters. The number of rotatable bonds is 12. The van der Waals surface area contributed by atoms with Gasteiger partial charge in [0.2, 0.25) is 0 Å². The maximum Gasteiger partial charge on any atom is 0.410 e. The van der Waals surface area contributed by atoms with Crippen molar-refractivity contribution in [3.63, 3.8) is 0 Å². The Morgan fingerprint density at radius 3 is 2.47 bits per heavy atom. The Labute approximate surface area is 265 Å². The first-order valence-electron chi connectivity index (χ1n) is 16.3. The molecule has 2 N–H and O–H groups in total. The van der Waals surface area contributed by atoms with Crippen LogP contribution in [0.2, 0.25) is 0 Å². The number of carbonyl (C=O) groups is 2. The molecule has 45 heavy (non-hydrogen) atoms. The first kappa shape index (κ1) is 32.9. The number of halogens is 1. The van der Waals surface area contributed by atoms with Crippen molar-refractivity contribution in [1.29, 1.82) is 0 Å². The number of anilines is 1. The van der Waals surface area contributed by atoms with E-state index in [1.54, 1.807) is 47.4 Å². The summed E-state index contributed by atoms with van der Waals surface area (Å²) in [6, 6.07) is 13.1. The largest absolute Gasteiger partial charge is 0.761 e. The molecule has 3 aliphatic rings. The number of carboxylic acids is 1. The first-order valence-corrected chi connectivity index (χ1v) is 16.3. The summed E-state index contributed by atoms with van der Waals surface area (Å²) >= 11 is 0. The van der Waals surface area contributed by atoms with Gasteiger partial charge in [0.15, 0.2) is 0 Å². The van der Waals surface area contributed by atoms with Gasteiger partial charge in [0.05, 0.1) is 0 Å². The minimum absolute atomic E-state index is 0.0144. The predicted molar refractivity (Wildman–Crippen MR) is 172 cm³/mol. The Bertz CT molecular complexity index is 1280. The number of hydrogen-bond acceptors (Lipinski definition) is 7. The number of amides is 1. The second-order valence-corrected chi connectivity index (χ2v) is 12.9. The number of aliphatic carboxylic acids is 1. The monoisotopic (exact) mass is 621 g/mol. The van der Waals surface area contributed by atoms with Crippen molar-refractivity contribution in [2.45, 2.75) is 69.6 Å². The van der Waals surface area contributed by atoms with E-state index in [9.17, 15) is 24.3 Å². The van der Waals surface area contributed by atoms with Gasteiger partial charge in [-0.05, 0) is 72.9 Å². The fraction of sp³-hybridized carbons (Fsp3) is 0.543. The number of benzene rings is 2. The molecule has 0 radical (unpaired) electrons. The zero-order valence-electron chi connectivity index (χ0n) is 26.0. The van der Waals surface area contributed by atoms with Crippen LogP contribution in [0.5, 0.6) is 0 Å². The molecule has 0 aromatic heterocycles. The van der Waals surface area contributed by atoms with E-state index < -0.39 is 12.0 Å². The molecule has 10 heteroatoms. The number of nitrogens with one attached hydrogen (secondary N) is 1. The summed E-state index contributed by atoms with van der Waals surface area (Å²) in [4.78, 5) is 32.0. The summed E-state index contributed by atoms with van der Waals surface area (Å²) in [5.41, 5.74) is 4.02. The third kappa shape index (κ3) is 8.42. The molecule has 2 aromatic carbocycles. The Morgan fingerprint density at radius 2 is 1.82 bits per heavy atom. The highest BCUT2D eigenvalue weighted by atomic mass is 19.1. The summed E-state index contributed by atoms with van der Waals surface area (Å²) in [6.45, 7) is 8.03. The molecule has 3 fully saturated rings.